The van der Waals surface area contributed by atoms with Crippen LogP contribution < -0.4 is 15.4 Å². The van der Waals surface area contributed by atoms with Gasteiger partial charge in [0, 0.05) is 26.7 Å². The van der Waals surface area contributed by atoms with Gasteiger partial charge in [0.1, 0.15) is 5.75 Å². The van der Waals surface area contributed by atoms with Gasteiger partial charge in [-0.15, -0.1) is 24.0 Å². The number of likely N-dealkylation sites (tertiary alicyclic amines) is 1. The van der Waals surface area contributed by atoms with E-state index in [1.54, 1.807) is 7.11 Å². The molecule has 1 aromatic carbocycles. The molecule has 0 aromatic heterocycles. The third kappa shape index (κ3) is 7.31. The molecule has 26 heavy (non-hydrogen) atoms. The third-order valence-corrected chi connectivity index (χ3v) is 4.81. The summed E-state index contributed by atoms with van der Waals surface area (Å²) in [5.41, 5.74) is 2.49. The normalized spacial score (nSPS) is 17.7. The fourth-order valence-corrected chi connectivity index (χ4v) is 3.48. The maximum absolute atomic E-state index is 5.45. The number of aliphatic imine (C=N–C) groups is 1. The quantitative estimate of drug-likeness (QED) is 0.346. The van der Waals surface area contributed by atoms with Gasteiger partial charge in [0.15, 0.2) is 5.96 Å². The Hall–Kier alpha value is -1.02. The van der Waals surface area contributed by atoms with E-state index in [9.17, 15) is 0 Å². The number of nitrogens with one attached hydrogen (secondary N) is 2. The first-order valence-corrected chi connectivity index (χ1v) is 9.46. The molecule has 0 aliphatic carbocycles. The molecule has 1 unspecified atom stereocenters. The lowest BCUT2D eigenvalue weighted by atomic mass is 10.1. The van der Waals surface area contributed by atoms with E-state index in [-0.39, 0.29) is 24.0 Å². The molecular weight excluding hydrogens is 439 g/mol. The highest BCUT2D eigenvalue weighted by Crippen LogP contribution is 2.19. The number of nitrogens with zero attached hydrogens (tertiary/aromatic N) is 2. The van der Waals surface area contributed by atoms with Crippen LogP contribution in [0.5, 0.6) is 5.75 Å². The number of hydrogen-bond acceptors (Lipinski definition) is 3. The Morgan fingerprint density at radius 3 is 2.85 bits per heavy atom. The van der Waals surface area contributed by atoms with Gasteiger partial charge in [-0.2, -0.15) is 0 Å². The predicted molar refractivity (Wildman–Crippen MR) is 121 cm³/mol. The first-order chi connectivity index (χ1) is 12.2. The summed E-state index contributed by atoms with van der Waals surface area (Å²) >= 11 is 0. The van der Waals surface area contributed by atoms with Crippen molar-refractivity contribution in [3.63, 3.8) is 0 Å². The standard InChI is InChI=1S/C20H34N4O.HI/c1-5-11-24-12-9-17(15-24)14-23-20(21-3)22-10-8-18-13-16(2)6-7-19(18)25-4;/h6-7,13,17H,5,8-12,14-15H2,1-4H3,(H2,21,22,23);1H. The molecule has 0 saturated carbocycles. The van der Waals surface area contributed by atoms with Crippen LogP contribution in [0.2, 0.25) is 0 Å². The summed E-state index contributed by atoms with van der Waals surface area (Å²) in [6, 6.07) is 6.32. The van der Waals surface area contributed by atoms with Crippen molar-refractivity contribution in [2.75, 3.05) is 46.9 Å². The molecule has 1 aliphatic heterocycles. The van der Waals surface area contributed by atoms with Gasteiger partial charge in [-0.1, -0.05) is 24.6 Å². The SMILES string of the molecule is CCCN1CCC(CNC(=NC)NCCc2cc(C)ccc2OC)C1.I. The van der Waals surface area contributed by atoms with Crippen molar-refractivity contribution in [2.24, 2.45) is 10.9 Å². The summed E-state index contributed by atoms with van der Waals surface area (Å²) in [6.07, 6.45) is 3.44. The van der Waals surface area contributed by atoms with E-state index in [1.165, 1.54) is 43.6 Å². The van der Waals surface area contributed by atoms with Crippen molar-refractivity contribution in [1.29, 1.82) is 0 Å². The lowest BCUT2D eigenvalue weighted by Crippen LogP contribution is -2.41. The van der Waals surface area contributed by atoms with Gasteiger partial charge in [0.05, 0.1) is 7.11 Å². The Morgan fingerprint density at radius 1 is 1.35 bits per heavy atom. The van der Waals surface area contributed by atoms with Crippen molar-refractivity contribution in [3.05, 3.63) is 29.3 Å². The Labute approximate surface area is 176 Å². The Balaban J connectivity index is 0.00000338. The number of aryl methyl sites for hydroxylation is 1. The van der Waals surface area contributed by atoms with Crippen molar-refractivity contribution < 1.29 is 4.74 Å². The van der Waals surface area contributed by atoms with E-state index in [0.717, 1.165) is 37.1 Å². The maximum atomic E-state index is 5.45. The van der Waals surface area contributed by atoms with Crippen molar-refractivity contribution >= 4 is 29.9 Å². The van der Waals surface area contributed by atoms with Crippen LogP contribution in [0.3, 0.4) is 0 Å². The monoisotopic (exact) mass is 474 g/mol. The molecule has 5 nitrogen and oxygen atoms in total. The minimum Gasteiger partial charge on any atom is -0.496 e. The molecular formula is C20H35IN4O. The van der Waals surface area contributed by atoms with Gasteiger partial charge in [-0.3, -0.25) is 4.99 Å². The minimum absolute atomic E-state index is 0. The molecule has 2 rings (SSSR count). The van der Waals surface area contributed by atoms with Crippen LogP contribution in [0.1, 0.15) is 30.9 Å². The van der Waals surface area contributed by atoms with E-state index < -0.39 is 0 Å². The van der Waals surface area contributed by atoms with Crippen molar-refractivity contribution in [2.45, 2.75) is 33.1 Å². The fourth-order valence-electron chi connectivity index (χ4n) is 3.48. The highest BCUT2D eigenvalue weighted by molar-refractivity contribution is 14.0. The number of rotatable bonds is 8. The van der Waals surface area contributed by atoms with Gasteiger partial charge in [-0.05, 0) is 56.8 Å². The molecule has 0 radical (unpaired) electrons. The first-order valence-electron chi connectivity index (χ1n) is 9.46. The molecule has 0 amide bonds. The van der Waals surface area contributed by atoms with E-state index in [2.05, 4.69) is 46.5 Å². The molecule has 0 bridgehead atoms. The van der Waals surface area contributed by atoms with Gasteiger partial charge in [0.25, 0.3) is 0 Å². The molecule has 1 fully saturated rings. The Morgan fingerprint density at radius 2 is 2.15 bits per heavy atom. The average molecular weight is 474 g/mol. The smallest absolute Gasteiger partial charge is 0.190 e. The highest BCUT2D eigenvalue weighted by Gasteiger charge is 2.21. The number of ether oxygens (including phenoxy) is 1. The number of benzene rings is 1. The molecule has 1 atom stereocenters. The van der Waals surface area contributed by atoms with Crippen molar-refractivity contribution in [1.82, 2.24) is 15.5 Å². The van der Waals surface area contributed by atoms with Crippen LogP contribution in [-0.2, 0) is 6.42 Å². The maximum Gasteiger partial charge on any atom is 0.190 e. The topological polar surface area (TPSA) is 48.9 Å². The molecule has 2 N–H and O–H groups in total. The van der Waals surface area contributed by atoms with Gasteiger partial charge >= 0.3 is 0 Å². The molecule has 1 aromatic rings. The summed E-state index contributed by atoms with van der Waals surface area (Å²) in [6.45, 7) is 9.86. The molecule has 0 spiro atoms. The zero-order valence-corrected chi connectivity index (χ0v) is 19.0. The minimum atomic E-state index is 0. The van der Waals surface area contributed by atoms with Gasteiger partial charge in [-0.25, -0.2) is 0 Å². The molecule has 1 aliphatic rings. The number of methoxy groups -OCH3 is 1. The fraction of sp³-hybridized carbons (Fsp3) is 0.650. The summed E-state index contributed by atoms with van der Waals surface area (Å²) < 4.78 is 5.45. The zero-order valence-electron chi connectivity index (χ0n) is 16.7. The van der Waals surface area contributed by atoms with Crippen LogP contribution in [0.4, 0.5) is 0 Å². The van der Waals surface area contributed by atoms with E-state index in [1.807, 2.05) is 13.1 Å². The van der Waals surface area contributed by atoms with Gasteiger partial charge < -0.3 is 20.3 Å². The van der Waals surface area contributed by atoms with Crippen molar-refractivity contribution in [3.8, 4) is 5.75 Å². The van der Waals surface area contributed by atoms with Gasteiger partial charge in [0.2, 0.25) is 0 Å². The second-order valence-electron chi connectivity index (χ2n) is 6.90. The summed E-state index contributed by atoms with van der Waals surface area (Å²) in [5, 5.41) is 6.90. The zero-order chi connectivity index (χ0) is 18.1. The number of guanidine groups is 1. The largest absolute Gasteiger partial charge is 0.496 e. The predicted octanol–water partition coefficient (Wildman–Crippen LogP) is 3.06. The van der Waals surface area contributed by atoms with E-state index >= 15 is 0 Å². The Kier molecular flexibility index (Phi) is 11.0. The average Bonchev–Trinajstić information content (AvgIpc) is 3.06. The summed E-state index contributed by atoms with van der Waals surface area (Å²) in [4.78, 5) is 6.91. The van der Waals surface area contributed by atoms with Crippen LogP contribution in [0, 0.1) is 12.8 Å². The number of halogens is 1. The molecule has 1 heterocycles. The molecule has 6 heteroatoms. The summed E-state index contributed by atoms with van der Waals surface area (Å²) in [5.74, 6) is 2.57. The lowest BCUT2D eigenvalue weighted by molar-refractivity contribution is 0.324. The third-order valence-electron chi connectivity index (χ3n) is 4.81. The lowest BCUT2D eigenvalue weighted by Gasteiger charge is -2.17. The molecule has 148 valence electrons. The second kappa shape index (κ2) is 12.4. The van der Waals surface area contributed by atoms with Crippen LogP contribution in [-0.4, -0.2) is 57.7 Å². The highest BCUT2D eigenvalue weighted by atomic mass is 127. The van der Waals surface area contributed by atoms with Crippen LogP contribution >= 0.6 is 24.0 Å². The van der Waals surface area contributed by atoms with Crippen LogP contribution in [0.15, 0.2) is 23.2 Å². The first kappa shape index (κ1) is 23.0. The number of hydrogen-bond donors (Lipinski definition) is 2. The second-order valence-corrected chi connectivity index (χ2v) is 6.90. The van der Waals surface area contributed by atoms with Crippen LogP contribution in [0.25, 0.3) is 0 Å². The van der Waals surface area contributed by atoms with E-state index in [0.29, 0.717) is 0 Å². The molecule has 1 saturated heterocycles. The summed E-state index contributed by atoms with van der Waals surface area (Å²) in [7, 11) is 3.56. The Bertz CT molecular complexity index is 565. The van der Waals surface area contributed by atoms with E-state index in [4.69, 9.17) is 4.74 Å².